The summed E-state index contributed by atoms with van der Waals surface area (Å²) in [7, 11) is 1.16. The molecule has 0 unspecified atom stereocenters. The Morgan fingerprint density at radius 2 is 2.05 bits per heavy atom. The van der Waals surface area contributed by atoms with Gasteiger partial charge in [0, 0.05) is 9.86 Å². The van der Waals surface area contributed by atoms with Gasteiger partial charge in [0.05, 0.1) is 18.2 Å². The third-order valence-corrected chi connectivity index (χ3v) is 3.14. The first kappa shape index (κ1) is 13.8. The highest BCUT2D eigenvalue weighted by Gasteiger charge is 2.33. The summed E-state index contributed by atoms with van der Waals surface area (Å²) in [6.45, 7) is 0. The molecule has 0 N–H and O–H groups in total. The Bertz CT molecular complexity index is 655. The maximum absolute atomic E-state index is 12.7. The molecule has 0 bridgehead atoms. The minimum Gasteiger partial charge on any atom is -0.465 e. The van der Waals surface area contributed by atoms with Crippen LogP contribution in [-0.2, 0) is 10.9 Å². The Labute approximate surface area is 114 Å². The van der Waals surface area contributed by atoms with Gasteiger partial charge in [-0.1, -0.05) is 28.1 Å². The van der Waals surface area contributed by atoms with Gasteiger partial charge in [-0.15, -0.1) is 0 Å². The van der Waals surface area contributed by atoms with Crippen LogP contribution < -0.4 is 0 Å². The maximum Gasteiger partial charge on any atom is 0.433 e. The summed E-state index contributed by atoms with van der Waals surface area (Å²) in [5, 5.41) is 0.413. The molecule has 0 radical (unpaired) electrons. The van der Waals surface area contributed by atoms with E-state index in [1.165, 1.54) is 6.07 Å². The van der Waals surface area contributed by atoms with Crippen molar-refractivity contribution in [2.45, 2.75) is 6.18 Å². The van der Waals surface area contributed by atoms with Crippen LogP contribution in [0.1, 0.15) is 16.1 Å². The summed E-state index contributed by atoms with van der Waals surface area (Å²) in [5.74, 6) is -0.732. The maximum atomic E-state index is 12.7. The van der Waals surface area contributed by atoms with E-state index in [0.29, 0.717) is 5.39 Å². The fraction of sp³-hybridized carbons (Fsp3) is 0.167. The second-order valence-corrected chi connectivity index (χ2v) is 4.53. The number of carbonyl (C=O) groups is 1. The van der Waals surface area contributed by atoms with Crippen LogP contribution in [-0.4, -0.2) is 18.1 Å². The molecular weight excluding hydrogens is 327 g/mol. The Morgan fingerprint density at radius 3 is 2.63 bits per heavy atom. The number of halogens is 4. The second kappa shape index (κ2) is 4.80. The molecule has 0 aliphatic heterocycles. The average molecular weight is 334 g/mol. The topological polar surface area (TPSA) is 39.2 Å². The van der Waals surface area contributed by atoms with Gasteiger partial charge < -0.3 is 4.74 Å². The van der Waals surface area contributed by atoms with Crippen molar-refractivity contribution in [3.8, 4) is 0 Å². The number of pyridine rings is 1. The molecule has 3 nitrogen and oxygen atoms in total. The predicted molar refractivity (Wildman–Crippen MR) is 65.8 cm³/mol. The lowest BCUT2D eigenvalue weighted by molar-refractivity contribution is -0.141. The molecule has 1 aromatic carbocycles. The largest absolute Gasteiger partial charge is 0.465 e. The summed E-state index contributed by atoms with van der Waals surface area (Å²) in [5.41, 5.74) is -1.12. The number of rotatable bonds is 1. The van der Waals surface area contributed by atoms with Crippen LogP contribution in [0.15, 0.2) is 28.7 Å². The van der Waals surface area contributed by atoms with E-state index in [2.05, 4.69) is 25.7 Å². The SMILES string of the molecule is COC(=O)c1cccc2c(Br)cc(C(F)(F)F)nc12. The minimum absolute atomic E-state index is 0.00759. The first-order chi connectivity index (χ1) is 8.84. The quantitative estimate of drug-likeness (QED) is 0.745. The number of alkyl halides is 3. The van der Waals surface area contributed by atoms with E-state index in [1.54, 1.807) is 12.1 Å². The molecule has 2 aromatic rings. The molecule has 0 aliphatic rings. The van der Waals surface area contributed by atoms with Gasteiger partial charge in [0.25, 0.3) is 0 Å². The average Bonchev–Trinajstić information content (AvgIpc) is 2.36. The highest BCUT2D eigenvalue weighted by Crippen LogP contribution is 2.34. The van der Waals surface area contributed by atoms with Crippen molar-refractivity contribution in [1.29, 1.82) is 0 Å². The van der Waals surface area contributed by atoms with E-state index >= 15 is 0 Å². The van der Waals surface area contributed by atoms with Crippen molar-refractivity contribution >= 4 is 32.8 Å². The van der Waals surface area contributed by atoms with Crippen molar-refractivity contribution < 1.29 is 22.7 Å². The highest BCUT2D eigenvalue weighted by molar-refractivity contribution is 9.10. The molecule has 2 rings (SSSR count). The van der Waals surface area contributed by atoms with Gasteiger partial charge in [0.1, 0.15) is 5.69 Å². The van der Waals surface area contributed by atoms with Crippen molar-refractivity contribution in [2.24, 2.45) is 0 Å². The number of esters is 1. The first-order valence-electron chi connectivity index (χ1n) is 5.09. The Hall–Kier alpha value is -1.63. The molecule has 19 heavy (non-hydrogen) atoms. The van der Waals surface area contributed by atoms with Crippen LogP contribution in [0.4, 0.5) is 13.2 Å². The molecule has 0 fully saturated rings. The van der Waals surface area contributed by atoms with E-state index in [9.17, 15) is 18.0 Å². The molecule has 0 aliphatic carbocycles. The highest BCUT2D eigenvalue weighted by atomic mass is 79.9. The third kappa shape index (κ3) is 2.56. The van der Waals surface area contributed by atoms with Crippen molar-refractivity contribution in [3.05, 3.63) is 40.0 Å². The third-order valence-electron chi connectivity index (χ3n) is 2.48. The van der Waals surface area contributed by atoms with Crippen LogP contribution in [0.5, 0.6) is 0 Å². The summed E-state index contributed by atoms with van der Waals surface area (Å²) >= 11 is 3.05. The zero-order valence-electron chi connectivity index (χ0n) is 9.58. The molecule has 0 atom stereocenters. The summed E-state index contributed by atoms with van der Waals surface area (Å²) in [4.78, 5) is 15.1. The van der Waals surface area contributed by atoms with Gasteiger partial charge in [-0.05, 0) is 12.1 Å². The molecule has 0 amide bonds. The summed E-state index contributed by atoms with van der Waals surface area (Å²) < 4.78 is 42.9. The van der Waals surface area contributed by atoms with Gasteiger partial charge in [-0.2, -0.15) is 13.2 Å². The molecule has 7 heteroatoms. The molecule has 100 valence electrons. The van der Waals surface area contributed by atoms with Crippen LogP contribution in [0.25, 0.3) is 10.9 Å². The number of para-hydroxylation sites is 1. The molecule has 0 saturated heterocycles. The Kier molecular flexibility index (Phi) is 3.49. The van der Waals surface area contributed by atoms with Gasteiger partial charge in [0.2, 0.25) is 0 Å². The number of methoxy groups -OCH3 is 1. The molecule has 1 heterocycles. The van der Waals surface area contributed by atoms with Gasteiger partial charge in [-0.3, -0.25) is 0 Å². The number of benzene rings is 1. The minimum atomic E-state index is -4.58. The number of carbonyl (C=O) groups excluding carboxylic acids is 1. The molecular formula is C12H7BrF3NO2. The standard InChI is InChI=1S/C12H7BrF3NO2/c1-19-11(18)7-4-2-3-6-8(13)5-9(12(14,15)16)17-10(6)7/h2-5H,1H3. The normalized spacial score (nSPS) is 11.6. The predicted octanol–water partition coefficient (Wildman–Crippen LogP) is 3.80. The summed E-state index contributed by atoms with van der Waals surface area (Å²) in [6, 6.07) is 5.37. The van der Waals surface area contributed by atoms with Crippen LogP contribution in [0.3, 0.4) is 0 Å². The van der Waals surface area contributed by atoms with Crippen LogP contribution in [0.2, 0.25) is 0 Å². The fourth-order valence-corrected chi connectivity index (χ4v) is 2.16. The first-order valence-corrected chi connectivity index (χ1v) is 5.88. The molecule has 0 spiro atoms. The number of nitrogens with zero attached hydrogens (tertiary/aromatic N) is 1. The zero-order valence-corrected chi connectivity index (χ0v) is 11.2. The van der Waals surface area contributed by atoms with Crippen molar-refractivity contribution in [2.75, 3.05) is 7.11 Å². The van der Waals surface area contributed by atoms with Gasteiger partial charge in [0.15, 0.2) is 0 Å². The Morgan fingerprint density at radius 1 is 1.37 bits per heavy atom. The lowest BCUT2D eigenvalue weighted by Gasteiger charge is -2.10. The van der Waals surface area contributed by atoms with Crippen molar-refractivity contribution in [1.82, 2.24) is 4.98 Å². The van der Waals surface area contributed by atoms with Gasteiger partial charge >= 0.3 is 12.1 Å². The van der Waals surface area contributed by atoms with E-state index in [1.807, 2.05) is 0 Å². The number of aromatic nitrogens is 1. The lowest BCUT2D eigenvalue weighted by Crippen LogP contribution is -2.10. The van der Waals surface area contributed by atoms with Crippen LogP contribution >= 0.6 is 15.9 Å². The summed E-state index contributed by atoms with van der Waals surface area (Å²) in [6.07, 6.45) is -4.58. The number of hydrogen-bond donors (Lipinski definition) is 0. The fourth-order valence-electron chi connectivity index (χ4n) is 1.63. The second-order valence-electron chi connectivity index (χ2n) is 3.68. The molecule has 1 aromatic heterocycles. The van der Waals surface area contributed by atoms with E-state index in [0.717, 1.165) is 13.2 Å². The van der Waals surface area contributed by atoms with E-state index in [-0.39, 0.29) is 15.6 Å². The number of ether oxygens (including phenoxy) is 1. The number of fused-ring (bicyclic) bond motifs is 1. The smallest absolute Gasteiger partial charge is 0.433 e. The van der Waals surface area contributed by atoms with E-state index in [4.69, 9.17) is 0 Å². The zero-order chi connectivity index (χ0) is 14.2. The lowest BCUT2D eigenvalue weighted by atomic mass is 10.1. The van der Waals surface area contributed by atoms with Crippen molar-refractivity contribution in [3.63, 3.8) is 0 Å². The van der Waals surface area contributed by atoms with Gasteiger partial charge in [-0.25, -0.2) is 9.78 Å². The molecule has 0 saturated carbocycles. The number of hydrogen-bond acceptors (Lipinski definition) is 3. The monoisotopic (exact) mass is 333 g/mol. The van der Waals surface area contributed by atoms with E-state index < -0.39 is 17.8 Å². The van der Waals surface area contributed by atoms with Crippen LogP contribution in [0, 0.1) is 0 Å². The Balaban J connectivity index is 2.80.